The molecule has 0 atom stereocenters. The standard InChI is InChI=1S/C15H7F3N4O3/c16-15(17,18)12-7(14(24)25)5-20-22(12)9-2-1-8-10-6(9)3-4-19-11(10)13(23)21-8/h1-5H,(H,21,23)(H,24,25). The third-order valence-electron chi connectivity index (χ3n) is 3.86. The van der Waals surface area contributed by atoms with Gasteiger partial charge in [0, 0.05) is 17.0 Å². The van der Waals surface area contributed by atoms with Crippen molar-refractivity contribution >= 4 is 28.3 Å². The highest BCUT2D eigenvalue weighted by molar-refractivity contribution is 6.23. The lowest BCUT2D eigenvalue weighted by Gasteiger charge is -2.13. The van der Waals surface area contributed by atoms with Crippen LogP contribution in [0, 0.1) is 0 Å². The molecule has 1 aliphatic heterocycles. The number of hydrogen-bond acceptors (Lipinski definition) is 4. The van der Waals surface area contributed by atoms with Gasteiger partial charge >= 0.3 is 12.1 Å². The third kappa shape index (κ3) is 2.07. The van der Waals surface area contributed by atoms with Crippen LogP contribution in [0.4, 0.5) is 18.9 Å². The fourth-order valence-electron chi connectivity index (χ4n) is 2.89. The zero-order valence-corrected chi connectivity index (χ0v) is 12.1. The Kier molecular flexibility index (Phi) is 2.89. The van der Waals surface area contributed by atoms with Crippen LogP contribution in [0.1, 0.15) is 26.5 Å². The predicted octanol–water partition coefficient (Wildman–Crippen LogP) is 2.70. The summed E-state index contributed by atoms with van der Waals surface area (Å²) in [6.07, 6.45) is -2.99. The summed E-state index contributed by atoms with van der Waals surface area (Å²) >= 11 is 0. The minimum Gasteiger partial charge on any atom is -0.478 e. The number of pyridine rings is 1. The van der Waals surface area contributed by atoms with Crippen LogP contribution in [0.3, 0.4) is 0 Å². The first-order chi connectivity index (χ1) is 11.8. The van der Waals surface area contributed by atoms with E-state index >= 15 is 0 Å². The second-order valence-electron chi connectivity index (χ2n) is 5.29. The molecule has 0 bridgehead atoms. The van der Waals surface area contributed by atoms with E-state index in [1.165, 1.54) is 24.4 Å². The minimum atomic E-state index is -4.93. The molecular weight excluding hydrogens is 341 g/mol. The van der Waals surface area contributed by atoms with Crippen molar-refractivity contribution in [1.29, 1.82) is 0 Å². The quantitative estimate of drug-likeness (QED) is 0.742. The number of rotatable bonds is 2. The van der Waals surface area contributed by atoms with E-state index in [1.54, 1.807) is 0 Å². The second-order valence-corrected chi connectivity index (χ2v) is 5.29. The Morgan fingerprint density at radius 1 is 1.24 bits per heavy atom. The van der Waals surface area contributed by atoms with Gasteiger partial charge in [-0.1, -0.05) is 0 Å². The molecule has 2 N–H and O–H groups in total. The smallest absolute Gasteiger partial charge is 0.434 e. The number of carbonyl (C=O) groups excluding carboxylic acids is 1. The van der Waals surface area contributed by atoms with Crippen LogP contribution in [0.25, 0.3) is 16.5 Å². The fourth-order valence-corrected chi connectivity index (χ4v) is 2.89. The number of anilines is 1. The molecule has 0 unspecified atom stereocenters. The summed E-state index contributed by atoms with van der Waals surface area (Å²) in [5.74, 6) is -2.19. The predicted molar refractivity (Wildman–Crippen MR) is 78.8 cm³/mol. The highest BCUT2D eigenvalue weighted by atomic mass is 19.4. The first kappa shape index (κ1) is 15.1. The van der Waals surface area contributed by atoms with Gasteiger partial charge in [0.15, 0.2) is 5.69 Å². The Labute approximate surface area is 136 Å². The molecule has 7 nitrogen and oxygen atoms in total. The molecule has 0 radical (unpaired) electrons. The van der Waals surface area contributed by atoms with Crippen LogP contribution in [0.2, 0.25) is 0 Å². The van der Waals surface area contributed by atoms with Crippen molar-refractivity contribution in [2.24, 2.45) is 0 Å². The first-order valence-electron chi connectivity index (χ1n) is 6.91. The average molecular weight is 348 g/mol. The number of halogens is 3. The van der Waals surface area contributed by atoms with E-state index in [2.05, 4.69) is 15.4 Å². The van der Waals surface area contributed by atoms with Crippen LogP contribution < -0.4 is 5.32 Å². The van der Waals surface area contributed by atoms with Gasteiger partial charge in [0.05, 0.1) is 17.6 Å². The third-order valence-corrected chi connectivity index (χ3v) is 3.86. The van der Waals surface area contributed by atoms with Gasteiger partial charge in [-0.25, -0.2) is 9.48 Å². The van der Waals surface area contributed by atoms with Crippen molar-refractivity contribution in [3.05, 3.63) is 47.5 Å². The molecule has 3 aromatic rings. The number of benzene rings is 1. The number of nitrogens with zero attached hydrogens (tertiary/aromatic N) is 3. The maximum Gasteiger partial charge on any atom is 0.434 e. The van der Waals surface area contributed by atoms with Crippen LogP contribution in [0.5, 0.6) is 0 Å². The normalized spacial score (nSPS) is 13.3. The number of aromatic nitrogens is 3. The lowest BCUT2D eigenvalue weighted by atomic mass is 10.1. The Morgan fingerprint density at radius 2 is 2.00 bits per heavy atom. The number of amides is 1. The number of carbonyl (C=O) groups is 2. The van der Waals surface area contributed by atoms with Crippen LogP contribution >= 0.6 is 0 Å². The number of carboxylic acid groups (broad SMARTS) is 1. The van der Waals surface area contributed by atoms with E-state index in [4.69, 9.17) is 5.11 Å². The fraction of sp³-hybridized carbons (Fsp3) is 0.0667. The molecule has 1 aromatic carbocycles. The zero-order valence-electron chi connectivity index (χ0n) is 12.1. The van der Waals surface area contributed by atoms with Gasteiger partial charge in [-0.2, -0.15) is 18.3 Å². The van der Waals surface area contributed by atoms with E-state index in [0.29, 0.717) is 27.3 Å². The Bertz CT molecular complexity index is 1070. The summed E-state index contributed by atoms with van der Waals surface area (Å²) in [7, 11) is 0. The maximum atomic E-state index is 13.4. The maximum absolute atomic E-state index is 13.4. The molecule has 0 saturated carbocycles. The van der Waals surface area contributed by atoms with Gasteiger partial charge in [-0.15, -0.1) is 0 Å². The molecule has 2 aromatic heterocycles. The summed E-state index contributed by atoms with van der Waals surface area (Å²) in [6, 6.07) is 4.21. The zero-order chi connectivity index (χ0) is 17.9. The van der Waals surface area contributed by atoms with Gasteiger partial charge in [0.25, 0.3) is 5.91 Å². The van der Waals surface area contributed by atoms with Crippen LogP contribution in [-0.2, 0) is 6.18 Å². The van der Waals surface area contributed by atoms with Crippen molar-refractivity contribution in [3.8, 4) is 5.69 Å². The van der Waals surface area contributed by atoms with Gasteiger partial charge < -0.3 is 10.4 Å². The van der Waals surface area contributed by atoms with Crippen molar-refractivity contribution in [1.82, 2.24) is 14.8 Å². The molecule has 0 fully saturated rings. The van der Waals surface area contributed by atoms with Crippen molar-refractivity contribution in [2.75, 3.05) is 5.32 Å². The van der Waals surface area contributed by atoms with E-state index in [1.807, 2.05) is 0 Å². The monoisotopic (exact) mass is 348 g/mol. The second kappa shape index (κ2) is 4.79. The first-order valence-corrected chi connectivity index (χ1v) is 6.91. The SMILES string of the molecule is O=C(O)c1cnn(-c2ccc3c4c(nccc24)C(=O)N3)c1C(F)(F)F. The summed E-state index contributed by atoms with van der Waals surface area (Å²) in [6.45, 7) is 0. The van der Waals surface area contributed by atoms with E-state index in [-0.39, 0.29) is 11.4 Å². The van der Waals surface area contributed by atoms with Gasteiger partial charge in [0.1, 0.15) is 11.3 Å². The largest absolute Gasteiger partial charge is 0.478 e. The Morgan fingerprint density at radius 3 is 2.68 bits per heavy atom. The van der Waals surface area contributed by atoms with Gasteiger partial charge in [0.2, 0.25) is 0 Å². The van der Waals surface area contributed by atoms with Crippen molar-refractivity contribution in [3.63, 3.8) is 0 Å². The van der Waals surface area contributed by atoms with Crippen molar-refractivity contribution in [2.45, 2.75) is 6.18 Å². The van der Waals surface area contributed by atoms with E-state index in [0.717, 1.165) is 0 Å². The lowest BCUT2D eigenvalue weighted by Crippen LogP contribution is -2.17. The number of nitrogens with one attached hydrogen (secondary N) is 1. The number of alkyl halides is 3. The molecule has 0 aliphatic carbocycles. The molecule has 4 rings (SSSR count). The minimum absolute atomic E-state index is 0.00118. The molecule has 10 heteroatoms. The van der Waals surface area contributed by atoms with Gasteiger partial charge in [-0.3, -0.25) is 9.78 Å². The summed E-state index contributed by atoms with van der Waals surface area (Å²) in [5.41, 5.74) is -1.84. The summed E-state index contributed by atoms with van der Waals surface area (Å²) < 4.78 is 40.8. The lowest BCUT2D eigenvalue weighted by molar-refractivity contribution is -0.143. The number of aromatic carboxylic acids is 1. The molecule has 0 saturated heterocycles. The van der Waals surface area contributed by atoms with Crippen molar-refractivity contribution < 1.29 is 27.9 Å². The summed E-state index contributed by atoms with van der Waals surface area (Å²) in [5, 5.41) is 15.9. The number of carboxylic acids is 1. The molecular formula is C15H7F3N4O3. The van der Waals surface area contributed by atoms with E-state index in [9.17, 15) is 22.8 Å². The molecule has 3 heterocycles. The molecule has 126 valence electrons. The number of hydrogen-bond donors (Lipinski definition) is 2. The Balaban J connectivity index is 2.07. The molecule has 1 aliphatic rings. The Hall–Kier alpha value is -3.43. The molecule has 0 spiro atoms. The van der Waals surface area contributed by atoms with Crippen LogP contribution in [0.15, 0.2) is 30.6 Å². The highest BCUT2D eigenvalue weighted by Gasteiger charge is 2.41. The highest BCUT2D eigenvalue weighted by Crippen LogP contribution is 2.38. The topological polar surface area (TPSA) is 97.1 Å². The van der Waals surface area contributed by atoms with Crippen LogP contribution in [-0.4, -0.2) is 31.7 Å². The summed E-state index contributed by atoms with van der Waals surface area (Å²) in [4.78, 5) is 26.9. The molecule has 25 heavy (non-hydrogen) atoms. The average Bonchev–Trinajstić information content (AvgIpc) is 3.11. The van der Waals surface area contributed by atoms with Gasteiger partial charge in [-0.05, 0) is 18.2 Å². The van der Waals surface area contributed by atoms with E-state index < -0.39 is 29.3 Å². The molecule has 1 amide bonds.